The maximum absolute atomic E-state index is 12.4. The van der Waals surface area contributed by atoms with E-state index in [1.54, 1.807) is 29.5 Å². The van der Waals surface area contributed by atoms with Crippen LogP contribution in [-0.4, -0.2) is 26.6 Å². The summed E-state index contributed by atoms with van der Waals surface area (Å²) in [6, 6.07) is 9.13. The van der Waals surface area contributed by atoms with Gasteiger partial charge >= 0.3 is 0 Å². The summed E-state index contributed by atoms with van der Waals surface area (Å²) in [5.74, 6) is -0.0274. The van der Waals surface area contributed by atoms with Gasteiger partial charge in [0, 0.05) is 17.0 Å². The Morgan fingerprint density at radius 2 is 2.12 bits per heavy atom. The molecule has 2 heterocycles. The number of amides is 1. The lowest BCUT2D eigenvalue weighted by Gasteiger charge is -2.29. The number of thiophene rings is 1. The standard InChI is InChI=1S/C17H20N2O3S2/c1-13-6-7-14(17(20)18-12-15-5-4-9-23-15)11-16(13)19-8-2-3-10-24(19,21)22/h4-7,9,11H,2-3,8,10,12H2,1H3,(H,18,20). The highest BCUT2D eigenvalue weighted by atomic mass is 32.2. The molecule has 0 unspecified atom stereocenters. The van der Waals surface area contributed by atoms with Crippen molar-refractivity contribution in [3.8, 4) is 0 Å². The Kier molecular flexibility index (Phi) is 4.91. The van der Waals surface area contributed by atoms with Gasteiger partial charge in [0.1, 0.15) is 0 Å². The van der Waals surface area contributed by atoms with Crippen LogP contribution < -0.4 is 9.62 Å². The zero-order valence-corrected chi connectivity index (χ0v) is 15.1. The second kappa shape index (κ2) is 6.94. The molecule has 128 valence electrons. The summed E-state index contributed by atoms with van der Waals surface area (Å²) in [7, 11) is -3.29. The number of hydrogen-bond acceptors (Lipinski definition) is 4. The van der Waals surface area contributed by atoms with Crippen molar-refractivity contribution in [2.75, 3.05) is 16.6 Å². The molecule has 0 atom stereocenters. The third-order valence-corrected chi connectivity index (χ3v) is 6.82. The van der Waals surface area contributed by atoms with Crippen molar-refractivity contribution in [1.29, 1.82) is 0 Å². The van der Waals surface area contributed by atoms with Crippen LogP contribution in [0.25, 0.3) is 0 Å². The molecule has 0 spiro atoms. The van der Waals surface area contributed by atoms with Gasteiger partial charge in [-0.2, -0.15) is 0 Å². The first-order chi connectivity index (χ1) is 11.5. The molecule has 1 aliphatic heterocycles. The van der Waals surface area contributed by atoms with E-state index < -0.39 is 10.0 Å². The second-order valence-electron chi connectivity index (χ2n) is 5.86. The summed E-state index contributed by atoms with van der Waals surface area (Å²) in [4.78, 5) is 13.5. The molecule has 0 aliphatic carbocycles. The van der Waals surface area contributed by atoms with Crippen molar-refractivity contribution in [3.05, 3.63) is 51.7 Å². The van der Waals surface area contributed by atoms with Gasteiger partial charge in [-0.05, 0) is 48.9 Å². The lowest BCUT2D eigenvalue weighted by molar-refractivity contribution is 0.0951. The number of rotatable bonds is 4. The van der Waals surface area contributed by atoms with E-state index in [1.807, 2.05) is 24.4 Å². The largest absolute Gasteiger partial charge is 0.347 e. The predicted octanol–water partition coefficient (Wildman–Crippen LogP) is 2.92. The maximum atomic E-state index is 12.4. The smallest absolute Gasteiger partial charge is 0.251 e. The van der Waals surface area contributed by atoms with E-state index >= 15 is 0 Å². The summed E-state index contributed by atoms with van der Waals surface area (Å²) < 4.78 is 26.1. The van der Waals surface area contributed by atoms with Crippen molar-refractivity contribution in [3.63, 3.8) is 0 Å². The van der Waals surface area contributed by atoms with Gasteiger partial charge in [-0.3, -0.25) is 9.10 Å². The fraction of sp³-hybridized carbons (Fsp3) is 0.353. The van der Waals surface area contributed by atoms with Gasteiger partial charge in [0.25, 0.3) is 5.91 Å². The van der Waals surface area contributed by atoms with E-state index in [0.717, 1.165) is 16.9 Å². The lowest BCUT2D eigenvalue weighted by atomic mass is 10.1. The number of nitrogens with zero attached hydrogens (tertiary/aromatic N) is 1. The number of aryl methyl sites for hydroxylation is 1. The Morgan fingerprint density at radius 3 is 2.83 bits per heavy atom. The molecule has 1 amide bonds. The average Bonchev–Trinajstić information content (AvgIpc) is 3.06. The van der Waals surface area contributed by atoms with Gasteiger partial charge in [-0.25, -0.2) is 8.42 Å². The highest BCUT2D eigenvalue weighted by molar-refractivity contribution is 7.92. The van der Waals surface area contributed by atoms with E-state index in [4.69, 9.17) is 0 Å². The van der Waals surface area contributed by atoms with Crippen LogP contribution in [0.1, 0.15) is 33.6 Å². The third-order valence-electron chi connectivity index (χ3n) is 4.09. The Hall–Kier alpha value is -1.86. The Morgan fingerprint density at radius 1 is 1.29 bits per heavy atom. The summed E-state index contributed by atoms with van der Waals surface area (Å²) in [6.07, 6.45) is 1.53. The minimum Gasteiger partial charge on any atom is -0.347 e. The molecule has 1 aliphatic rings. The van der Waals surface area contributed by atoms with Gasteiger partial charge in [-0.1, -0.05) is 12.1 Å². The van der Waals surface area contributed by atoms with E-state index in [-0.39, 0.29) is 11.7 Å². The summed E-state index contributed by atoms with van der Waals surface area (Å²) in [5.41, 5.74) is 1.95. The summed E-state index contributed by atoms with van der Waals surface area (Å²) in [6.45, 7) is 2.82. The maximum Gasteiger partial charge on any atom is 0.251 e. The fourth-order valence-electron chi connectivity index (χ4n) is 2.76. The monoisotopic (exact) mass is 364 g/mol. The predicted molar refractivity (Wildman–Crippen MR) is 97.0 cm³/mol. The topological polar surface area (TPSA) is 66.5 Å². The first kappa shape index (κ1) is 17.0. The van der Waals surface area contributed by atoms with Crippen LogP contribution in [0.4, 0.5) is 5.69 Å². The van der Waals surface area contributed by atoms with Crippen molar-refractivity contribution < 1.29 is 13.2 Å². The number of hydrogen-bond donors (Lipinski definition) is 1. The number of carbonyl (C=O) groups excluding carboxylic acids is 1. The number of benzene rings is 1. The molecule has 1 N–H and O–H groups in total. The van der Waals surface area contributed by atoms with Crippen LogP contribution in [0.15, 0.2) is 35.7 Å². The minimum atomic E-state index is -3.29. The molecular formula is C17H20N2O3S2. The molecule has 1 aromatic heterocycles. The summed E-state index contributed by atoms with van der Waals surface area (Å²) in [5, 5.41) is 4.84. The van der Waals surface area contributed by atoms with Crippen LogP contribution in [-0.2, 0) is 16.6 Å². The molecule has 0 saturated carbocycles. The van der Waals surface area contributed by atoms with Gasteiger partial charge < -0.3 is 5.32 Å². The van der Waals surface area contributed by atoms with E-state index in [2.05, 4.69) is 5.32 Å². The van der Waals surface area contributed by atoms with Crippen LogP contribution in [0.3, 0.4) is 0 Å². The number of nitrogens with one attached hydrogen (secondary N) is 1. The van der Waals surface area contributed by atoms with Crippen molar-refractivity contribution in [1.82, 2.24) is 5.32 Å². The molecule has 1 aromatic carbocycles. The van der Waals surface area contributed by atoms with E-state index in [1.165, 1.54) is 4.31 Å². The van der Waals surface area contributed by atoms with Crippen molar-refractivity contribution >= 4 is 33.0 Å². The number of anilines is 1. The van der Waals surface area contributed by atoms with Gasteiger partial charge in [0.2, 0.25) is 10.0 Å². The molecule has 5 nitrogen and oxygen atoms in total. The minimum absolute atomic E-state index is 0.168. The normalized spacial score (nSPS) is 16.8. The third kappa shape index (κ3) is 3.62. The average molecular weight is 364 g/mol. The Balaban J connectivity index is 1.81. The molecular weight excluding hydrogens is 344 g/mol. The summed E-state index contributed by atoms with van der Waals surface area (Å²) >= 11 is 1.59. The first-order valence-corrected chi connectivity index (χ1v) is 10.4. The second-order valence-corrected chi connectivity index (χ2v) is 8.90. The van der Waals surface area contributed by atoms with Crippen LogP contribution in [0.5, 0.6) is 0 Å². The molecule has 1 fully saturated rings. The molecule has 24 heavy (non-hydrogen) atoms. The highest BCUT2D eigenvalue weighted by Crippen LogP contribution is 2.28. The zero-order chi connectivity index (χ0) is 17.2. The molecule has 2 aromatic rings. The van der Waals surface area contributed by atoms with Gasteiger partial charge in [0.15, 0.2) is 0 Å². The van der Waals surface area contributed by atoms with Crippen LogP contribution >= 0.6 is 11.3 Å². The first-order valence-electron chi connectivity index (χ1n) is 7.89. The van der Waals surface area contributed by atoms with Crippen molar-refractivity contribution in [2.45, 2.75) is 26.3 Å². The Labute approximate surface area is 146 Å². The van der Waals surface area contributed by atoms with Crippen LogP contribution in [0, 0.1) is 6.92 Å². The number of sulfonamides is 1. The van der Waals surface area contributed by atoms with Gasteiger partial charge in [0.05, 0.1) is 18.0 Å². The Bertz CT molecular complexity index is 830. The molecule has 1 saturated heterocycles. The van der Waals surface area contributed by atoms with E-state index in [0.29, 0.717) is 30.8 Å². The van der Waals surface area contributed by atoms with E-state index in [9.17, 15) is 13.2 Å². The van der Waals surface area contributed by atoms with Crippen LogP contribution in [0.2, 0.25) is 0 Å². The fourth-order valence-corrected chi connectivity index (χ4v) is 5.10. The molecule has 0 bridgehead atoms. The molecule has 3 rings (SSSR count). The SMILES string of the molecule is Cc1ccc(C(=O)NCc2cccs2)cc1N1CCCCS1(=O)=O. The van der Waals surface area contributed by atoms with Gasteiger partial charge in [-0.15, -0.1) is 11.3 Å². The molecule has 7 heteroatoms. The lowest BCUT2D eigenvalue weighted by Crippen LogP contribution is -2.38. The van der Waals surface area contributed by atoms with Crippen molar-refractivity contribution in [2.24, 2.45) is 0 Å². The number of carbonyl (C=O) groups is 1. The zero-order valence-electron chi connectivity index (χ0n) is 13.5. The quantitative estimate of drug-likeness (QED) is 0.907. The molecule has 0 radical (unpaired) electrons. The highest BCUT2D eigenvalue weighted by Gasteiger charge is 2.27.